The topological polar surface area (TPSA) is 49.8 Å². The second-order valence-electron chi connectivity index (χ2n) is 6.19. The average Bonchev–Trinajstić information content (AvgIpc) is 2.61. The Morgan fingerprint density at radius 1 is 1.12 bits per heavy atom. The number of nitrogens with zero attached hydrogens (tertiary/aromatic N) is 1. The van der Waals surface area contributed by atoms with Crippen LogP contribution in [0.4, 0.5) is 0 Å². The van der Waals surface area contributed by atoms with Gasteiger partial charge in [-0.25, -0.2) is 0 Å². The zero-order valence-electron chi connectivity index (χ0n) is 13.7. The monoisotopic (exact) mass is 325 g/mol. The average molecular weight is 325 g/mol. The largest absolute Gasteiger partial charge is 0.483 e. The van der Waals surface area contributed by atoms with Crippen LogP contribution in [0.15, 0.2) is 54.6 Å². The molecular formula is C20H23NO3. The van der Waals surface area contributed by atoms with Crippen molar-refractivity contribution in [2.75, 3.05) is 19.7 Å². The molecule has 0 spiro atoms. The van der Waals surface area contributed by atoms with Crippen molar-refractivity contribution in [3.05, 3.63) is 65.7 Å². The van der Waals surface area contributed by atoms with E-state index in [0.717, 1.165) is 30.6 Å². The smallest absolute Gasteiger partial charge is 0.260 e. The maximum atomic E-state index is 12.3. The Hall–Kier alpha value is -2.33. The summed E-state index contributed by atoms with van der Waals surface area (Å²) in [5, 5.41) is 9.69. The van der Waals surface area contributed by atoms with Crippen LogP contribution in [-0.4, -0.2) is 41.7 Å². The molecule has 3 rings (SSSR count). The van der Waals surface area contributed by atoms with Crippen LogP contribution in [0.1, 0.15) is 24.0 Å². The number of amides is 1. The molecule has 0 aromatic heterocycles. The summed E-state index contributed by atoms with van der Waals surface area (Å²) in [4.78, 5) is 14.0. The third kappa shape index (κ3) is 4.36. The minimum absolute atomic E-state index is 0.0124. The predicted molar refractivity (Wildman–Crippen MR) is 93.0 cm³/mol. The van der Waals surface area contributed by atoms with Gasteiger partial charge in [-0.05, 0) is 30.0 Å². The van der Waals surface area contributed by atoms with Crippen molar-refractivity contribution < 1.29 is 14.6 Å². The number of ether oxygens (including phenoxy) is 1. The molecule has 1 fully saturated rings. The van der Waals surface area contributed by atoms with Crippen molar-refractivity contribution in [3.63, 3.8) is 0 Å². The van der Waals surface area contributed by atoms with Crippen molar-refractivity contribution in [2.24, 2.45) is 0 Å². The molecule has 2 aromatic rings. The van der Waals surface area contributed by atoms with Crippen LogP contribution >= 0.6 is 0 Å². The Labute approximate surface area is 142 Å². The van der Waals surface area contributed by atoms with Gasteiger partial charge in [0.2, 0.25) is 0 Å². The van der Waals surface area contributed by atoms with Gasteiger partial charge in [0, 0.05) is 19.5 Å². The van der Waals surface area contributed by atoms with Gasteiger partial charge in [-0.15, -0.1) is 0 Å². The fraction of sp³-hybridized carbons (Fsp3) is 0.350. The first kappa shape index (κ1) is 16.5. The number of β-amino-alcohol motifs (C(OH)–C–C–N with tert-alkyl or cyclic N) is 1. The Kier molecular flexibility index (Phi) is 5.49. The lowest BCUT2D eigenvalue weighted by atomic mass is 10.0. The first-order valence-corrected chi connectivity index (χ1v) is 8.43. The molecule has 1 heterocycles. The molecule has 1 N–H and O–H groups in total. The highest BCUT2D eigenvalue weighted by molar-refractivity contribution is 5.78. The van der Waals surface area contributed by atoms with Gasteiger partial charge in [0.15, 0.2) is 6.61 Å². The van der Waals surface area contributed by atoms with E-state index in [4.69, 9.17) is 4.74 Å². The molecule has 1 unspecified atom stereocenters. The molecule has 4 heteroatoms. The summed E-state index contributed by atoms with van der Waals surface area (Å²) in [5.74, 6) is 0.676. The SMILES string of the molecule is O=C(COc1ccccc1Cc1ccccc1)N1CCCC(O)C1. The van der Waals surface area contributed by atoms with Crippen LogP contribution in [0.2, 0.25) is 0 Å². The van der Waals surface area contributed by atoms with E-state index < -0.39 is 6.10 Å². The Bertz CT molecular complexity index is 672. The van der Waals surface area contributed by atoms with E-state index in [1.54, 1.807) is 4.90 Å². The summed E-state index contributed by atoms with van der Waals surface area (Å²) in [5.41, 5.74) is 2.27. The predicted octanol–water partition coefficient (Wildman–Crippen LogP) is 2.64. The standard InChI is InChI=1S/C20H23NO3/c22-18-10-6-12-21(14-18)20(23)15-24-19-11-5-4-9-17(19)13-16-7-2-1-3-8-16/h1-5,7-9,11,18,22H,6,10,12-15H2. The molecule has 1 aliphatic heterocycles. The van der Waals surface area contributed by atoms with Crippen molar-refractivity contribution in [3.8, 4) is 5.75 Å². The number of aliphatic hydroxyl groups excluding tert-OH is 1. The van der Waals surface area contributed by atoms with E-state index in [-0.39, 0.29) is 12.5 Å². The van der Waals surface area contributed by atoms with Gasteiger partial charge in [0.05, 0.1) is 6.10 Å². The highest BCUT2D eigenvalue weighted by Crippen LogP contribution is 2.21. The van der Waals surface area contributed by atoms with Crippen molar-refractivity contribution in [1.82, 2.24) is 4.90 Å². The Morgan fingerprint density at radius 2 is 1.88 bits per heavy atom. The lowest BCUT2D eigenvalue weighted by Crippen LogP contribution is -2.44. The summed E-state index contributed by atoms with van der Waals surface area (Å²) >= 11 is 0. The summed E-state index contributed by atoms with van der Waals surface area (Å²) in [7, 11) is 0. The van der Waals surface area contributed by atoms with E-state index in [9.17, 15) is 9.90 Å². The van der Waals surface area contributed by atoms with E-state index in [1.165, 1.54) is 5.56 Å². The fourth-order valence-electron chi connectivity index (χ4n) is 3.02. The van der Waals surface area contributed by atoms with Crippen LogP contribution in [-0.2, 0) is 11.2 Å². The van der Waals surface area contributed by atoms with Gasteiger partial charge in [0.1, 0.15) is 5.75 Å². The molecule has 0 saturated carbocycles. The number of rotatable bonds is 5. The number of likely N-dealkylation sites (tertiary alicyclic amines) is 1. The molecule has 4 nitrogen and oxygen atoms in total. The zero-order chi connectivity index (χ0) is 16.8. The highest BCUT2D eigenvalue weighted by Gasteiger charge is 2.22. The van der Waals surface area contributed by atoms with Crippen LogP contribution in [0.5, 0.6) is 5.75 Å². The number of hydrogen-bond donors (Lipinski definition) is 1. The number of piperidine rings is 1. The lowest BCUT2D eigenvalue weighted by molar-refractivity contribution is -0.136. The van der Waals surface area contributed by atoms with Gasteiger partial charge in [-0.1, -0.05) is 48.5 Å². The second kappa shape index (κ2) is 7.97. The summed E-state index contributed by atoms with van der Waals surface area (Å²) in [6.07, 6.45) is 1.98. The highest BCUT2D eigenvalue weighted by atomic mass is 16.5. The molecule has 24 heavy (non-hydrogen) atoms. The maximum Gasteiger partial charge on any atom is 0.260 e. The Morgan fingerprint density at radius 3 is 2.67 bits per heavy atom. The Balaban J connectivity index is 1.62. The van der Waals surface area contributed by atoms with E-state index >= 15 is 0 Å². The quantitative estimate of drug-likeness (QED) is 0.919. The molecule has 126 valence electrons. The van der Waals surface area contributed by atoms with Crippen LogP contribution < -0.4 is 4.74 Å². The number of hydrogen-bond acceptors (Lipinski definition) is 3. The minimum Gasteiger partial charge on any atom is -0.483 e. The number of para-hydroxylation sites is 1. The molecule has 1 saturated heterocycles. The normalized spacial score (nSPS) is 17.5. The first-order valence-electron chi connectivity index (χ1n) is 8.43. The third-order valence-corrected chi connectivity index (χ3v) is 4.31. The summed E-state index contributed by atoms with van der Waals surface area (Å²) in [6.45, 7) is 1.12. The second-order valence-corrected chi connectivity index (χ2v) is 6.19. The number of benzene rings is 2. The van der Waals surface area contributed by atoms with Crippen LogP contribution in [0, 0.1) is 0 Å². The van der Waals surface area contributed by atoms with Gasteiger partial charge < -0.3 is 14.7 Å². The van der Waals surface area contributed by atoms with Crippen molar-refractivity contribution in [1.29, 1.82) is 0 Å². The summed E-state index contributed by atoms with van der Waals surface area (Å²) < 4.78 is 5.79. The molecule has 0 aliphatic carbocycles. The number of carbonyl (C=O) groups excluding carboxylic acids is 1. The van der Waals surface area contributed by atoms with E-state index in [2.05, 4.69) is 12.1 Å². The molecule has 0 radical (unpaired) electrons. The first-order chi connectivity index (χ1) is 11.7. The number of carbonyl (C=O) groups is 1. The molecular weight excluding hydrogens is 302 g/mol. The van der Waals surface area contributed by atoms with Gasteiger partial charge in [-0.3, -0.25) is 4.79 Å². The van der Waals surface area contributed by atoms with Crippen LogP contribution in [0.25, 0.3) is 0 Å². The van der Waals surface area contributed by atoms with E-state index in [1.807, 2.05) is 42.5 Å². The molecule has 1 aliphatic rings. The fourth-order valence-corrected chi connectivity index (χ4v) is 3.02. The number of aliphatic hydroxyl groups is 1. The van der Waals surface area contributed by atoms with Gasteiger partial charge in [0.25, 0.3) is 5.91 Å². The molecule has 0 bridgehead atoms. The van der Waals surface area contributed by atoms with Gasteiger partial charge in [-0.2, -0.15) is 0 Å². The lowest BCUT2D eigenvalue weighted by Gasteiger charge is -2.30. The van der Waals surface area contributed by atoms with Crippen molar-refractivity contribution in [2.45, 2.75) is 25.4 Å². The van der Waals surface area contributed by atoms with Gasteiger partial charge >= 0.3 is 0 Å². The molecule has 1 amide bonds. The third-order valence-electron chi connectivity index (χ3n) is 4.31. The zero-order valence-corrected chi connectivity index (χ0v) is 13.7. The van der Waals surface area contributed by atoms with Crippen molar-refractivity contribution >= 4 is 5.91 Å². The van der Waals surface area contributed by atoms with Crippen LogP contribution in [0.3, 0.4) is 0 Å². The van der Waals surface area contributed by atoms with E-state index in [0.29, 0.717) is 13.1 Å². The summed E-state index contributed by atoms with van der Waals surface area (Å²) in [6, 6.07) is 18.0. The molecule has 2 aromatic carbocycles. The maximum absolute atomic E-state index is 12.3. The minimum atomic E-state index is -0.409. The molecule has 1 atom stereocenters.